The third-order valence-electron chi connectivity index (χ3n) is 6.57. The Morgan fingerprint density at radius 3 is 2.80 bits per heavy atom. The standard InChI is InChI=1S/C26H41NO3/c1-4-5-6-12-20(28)14-15-21-23(29)17-24-25(21)22-13-9-11-19(26(22)30-24)10-7-8-16-27-18(2)3/h9,11,13-15,18,20-21,23-25,27-29H,4-8,10,12,16-17H2,1-3H3/t20-,21-,23+,24-,25-/m0/s1. The highest BCUT2D eigenvalue weighted by Crippen LogP contribution is 2.52. The number of hydrogen-bond donors (Lipinski definition) is 3. The van der Waals surface area contributed by atoms with E-state index in [4.69, 9.17) is 4.74 Å². The highest BCUT2D eigenvalue weighted by atomic mass is 16.5. The van der Waals surface area contributed by atoms with Crippen molar-refractivity contribution < 1.29 is 14.9 Å². The number of benzene rings is 1. The van der Waals surface area contributed by atoms with Crippen LogP contribution in [0, 0.1) is 5.92 Å². The first-order chi connectivity index (χ1) is 14.5. The second kappa shape index (κ2) is 11.3. The highest BCUT2D eigenvalue weighted by molar-refractivity contribution is 5.49. The van der Waals surface area contributed by atoms with Gasteiger partial charge < -0.3 is 20.3 Å². The maximum Gasteiger partial charge on any atom is 0.126 e. The molecular weight excluding hydrogens is 374 g/mol. The van der Waals surface area contributed by atoms with Crippen LogP contribution in [0.2, 0.25) is 0 Å². The normalized spacial score (nSPS) is 26.2. The van der Waals surface area contributed by atoms with Crippen LogP contribution in [0.1, 0.15) is 82.8 Å². The lowest BCUT2D eigenvalue weighted by molar-refractivity contribution is 0.135. The maximum atomic E-state index is 10.6. The summed E-state index contributed by atoms with van der Waals surface area (Å²) in [6.07, 6.45) is 11.3. The van der Waals surface area contributed by atoms with Gasteiger partial charge in [-0.2, -0.15) is 0 Å². The molecular formula is C26H41NO3. The molecule has 1 aliphatic carbocycles. The van der Waals surface area contributed by atoms with Gasteiger partial charge in [0, 0.05) is 29.9 Å². The number of para-hydroxylation sites is 1. The quantitative estimate of drug-likeness (QED) is 0.341. The Morgan fingerprint density at radius 1 is 1.20 bits per heavy atom. The number of fused-ring (bicyclic) bond motifs is 3. The summed E-state index contributed by atoms with van der Waals surface area (Å²) >= 11 is 0. The zero-order valence-corrected chi connectivity index (χ0v) is 19.0. The minimum Gasteiger partial charge on any atom is -0.489 e. The Morgan fingerprint density at radius 2 is 2.03 bits per heavy atom. The number of nitrogens with one attached hydrogen (secondary N) is 1. The summed E-state index contributed by atoms with van der Waals surface area (Å²) in [5.41, 5.74) is 2.53. The van der Waals surface area contributed by atoms with Crippen LogP contribution >= 0.6 is 0 Å². The van der Waals surface area contributed by atoms with E-state index in [0.29, 0.717) is 12.5 Å². The molecule has 0 bridgehead atoms. The summed E-state index contributed by atoms with van der Waals surface area (Å²) in [5.74, 6) is 1.26. The van der Waals surface area contributed by atoms with Gasteiger partial charge in [-0.25, -0.2) is 0 Å². The first-order valence-corrected chi connectivity index (χ1v) is 12.1. The molecule has 3 N–H and O–H groups in total. The molecule has 168 valence electrons. The number of ether oxygens (including phenoxy) is 1. The Kier molecular flexibility index (Phi) is 8.79. The van der Waals surface area contributed by atoms with E-state index < -0.39 is 12.2 Å². The first kappa shape index (κ1) is 23.3. The van der Waals surface area contributed by atoms with Crippen LogP contribution in [0.3, 0.4) is 0 Å². The molecule has 0 saturated heterocycles. The molecule has 0 aromatic heterocycles. The smallest absolute Gasteiger partial charge is 0.126 e. The fourth-order valence-corrected chi connectivity index (χ4v) is 4.95. The Bertz CT molecular complexity index is 687. The number of aliphatic hydroxyl groups is 2. The second-order valence-electron chi connectivity index (χ2n) is 9.41. The fourth-order valence-electron chi connectivity index (χ4n) is 4.95. The molecule has 2 aliphatic rings. The molecule has 1 aromatic carbocycles. The highest BCUT2D eigenvalue weighted by Gasteiger charge is 2.48. The molecule has 1 fully saturated rings. The molecule has 3 rings (SSSR count). The van der Waals surface area contributed by atoms with Gasteiger partial charge in [0.15, 0.2) is 0 Å². The van der Waals surface area contributed by atoms with Crippen molar-refractivity contribution in [2.24, 2.45) is 5.92 Å². The Balaban J connectivity index is 1.63. The predicted octanol–water partition coefficient (Wildman–Crippen LogP) is 4.73. The zero-order chi connectivity index (χ0) is 21.5. The molecule has 1 heterocycles. The van der Waals surface area contributed by atoms with Crippen molar-refractivity contribution in [2.45, 2.75) is 102 Å². The number of aliphatic hydroxyl groups excluding tert-OH is 2. The van der Waals surface area contributed by atoms with Crippen LogP contribution in [-0.2, 0) is 6.42 Å². The molecule has 4 nitrogen and oxygen atoms in total. The van der Waals surface area contributed by atoms with Crippen LogP contribution in [0.4, 0.5) is 0 Å². The largest absolute Gasteiger partial charge is 0.489 e. The third kappa shape index (κ3) is 5.87. The van der Waals surface area contributed by atoms with Crippen LogP contribution in [0.5, 0.6) is 5.75 Å². The SMILES string of the molecule is CCCCC[C@H](O)C=C[C@@H]1[C@H]2c3cccc(CCCCNC(C)C)c3O[C@H]2C[C@H]1O. The van der Waals surface area contributed by atoms with Gasteiger partial charge in [0.05, 0.1) is 12.2 Å². The minimum atomic E-state index is -0.421. The van der Waals surface area contributed by atoms with E-state index in [-0.39, 0.29) is 17.9 Å². The maximum absolute atomic E-state index is 10.6. The van der Waals surface area contributed by atoms with E-state index in [1.54, 1.807) is 0 Å². The van der Waals surface area contributed by atoms with Crippen molar-refractivity contribution in [1.82, 2.24) is 5.32 Å². The molecule has 0 spiro atoms. The molecule has 1 aromatic rings. The van der Waals surface area contributed by atoms with Crippen LogP contribution < -0.4 is 10.1 Å². The van der Waals surface area contributed by atoms with Crippen LogP contribution in [-0.4, -0.2) is 41.1 Å². The lowest BCUT2D eigenvalue weighted by Crippen LogP contribution is -2.23. The molecule has 1 aliphatic heterocycles. The van der Waals surface area contributed by atoms with Crippen molar-refractivity contribution in [2.75, 3.05) is 6.54 Å². The van der Waals surface area contributed by atoms with Crippen molar-refractivity contribution in [3.8, 4) is 5.75 Å². The molecule has 0 radical (unpaired) electrons. The van der Waals surface area contributed by atoms with Crippen LogP contribution in [0.15, 0.2) is 30.4 Å². The van der Waals surface area contributed by atoms with Crippen molar-refractivity contribution >= 4 is 0 Å². The summed E-state index contributed by atoms with van der Waals surface area (Å²) < 4.78 is 6.37. The molecule has 30 heavy (non-hydrogen) atoms. The van der Waals surface area contributed by atoms with E-state index >= 15 is 0 Å². The van der Waals surface area contributed by atoms with Gasteiger partial charge in [-0.1, -0.05) is 70.4 Å². The second-order valence-corrected chi connectivity index (χ2v) is 9.41. The van der Waals surface area contributed by atoms with E-state index in [1.807, 2.05) is 6.08 Å². The summed E-state index contributed by atoms with van der Waals surface area (Å²) in [6, 6.07) is 7.03. The van der Waals surface area contributed by atoms with Crippen LogP contribution in [0.25, 0.3) is 0 Å². The summed E-state index contributed by atoms with van der Waals surface area (Å²) in [7, 11) is 0. The number of rotatable bonds is 12. The van der Waals surface area contributed by atoms with Gasteiger partial charge >= 0.3 is 0 Å². The van der Waals surface area contributed by atoms with E-state index in [0.717, 1.165) is 57.2 Å². The van der Waals surface area contributed by atoms with Gasteiger partial charge in [-0.15, -0.1) is 0 Å². The fraction of sp³-hybridized carbons (Fsp3) is 0.692. The lowest BCUT2D eigenvalue weighted by atomic mass is 9.86. The molecule has 4 heteroatoms. The monoisotopic (exact) mass is 415 g/mol. The zero-order valence-electron chi connectivity index (χ0n) is 19.0. The Hall–Kier alpha value is -1.36. The predicted molar refractivity (Wildman–Crippen MR) is 123 cm³/mol. The summed E-state index contributed by atoms with van der Waals surface area (Å²) in [6.45, 7) is 7.59. The van der Waals surface area contributed by atoms with Gasteiger partial charge in [0.2, 0.25) is 0 Å². The minimum absolute atomic E-state index is 0.0163. The lowest BCUT2D eigenvalue weighted by Gasteiger charge is -2.18. The van der Waals surface area contributed by atoms with Gasteiger partial charge in [-0.3, -0.25) is 0 Å². The first-order valence-electron chi connectivity index (χ1n) is 12.1. The Labute approximate surface area is 182 Å². The average Bonchev–Trinajstić information content (AvgIpc) is 3.21. The van der Waals surface area contributed by atoms with Gasteiger partial charge in [0.1, 0.15) is 11.9 Å². The van der Waals surface area contributed by atoms with Gasteiger partial charge in [-0.05, 0) is 37.8 Å². The average molecular weight is 416 g/mol. The summed E-state index contributed by atoms with van der Waals surface area (Å²) in [5, 5.41) is 24.4. The van der Waals surface area contributed by atoms with E-state index in [1.165, 1.54) is 11.1 Å². The topological polar surface area (TPSA) is 61.7 Å². The van der Waals surface area contributed by atoms with Crippen molar-refractivity contribution in [3.05, 3.63) is 41.5 Å². The number of aryl methyl sites for hydroxylation is 1. The molecule has 0 amide bonds. The van der Waals surface area contributed by atoms with Gasteiger partial charge in [0.25, 0.3) is 0 Å². The number of hydrogen-bond acceptors (Lipinski definition) is 4. The van der Waals surface area contributed by atoms with E-state index in [9.17, 15) is 10.2 Å². The van der Waals surface area contributed by atoms with Crippen molar-refractivity contribution in [1.29, 1.82) is 0 Å². The van der Waals surface area contributed by atoms with Crippen molar-refractivity contribution in [3.63, 3.8) is 0 Å². The molecule has 5 atom stereocenters. The third-order valence-corrected chi connectivity index (χ3v) is 6.57. The summed E-state index contributed by atoms with van der Waals surface area (Å²) in [4.78, 5) is 0. The van der Waals surface area contributed by atoms with E-state index in [2.05, 4.69) is 50.4 Å². The molecule has 0 unspecified atom stereocenters. The number of unbranched alkanes of at least 4 members (excludes halogenated alkanes) is 3. The molecule has 1 saturated carbocycles.